The highest BCUT2D eigenvalue weighted by Gasteiger charge is 2.47. The molecule has 0 spiro atoms. The number of ether oxygens (including phenoxy) is 2. The van der Waals surface area contributed by atoms with Crippen LogP contribution in [0.2, 0.25) is 0 Å². The molecule has 44 heavy (non-hydrogen) atoms. The number of carbonyl (C=O) groups is 1. The zero-order valence-corrected chi connectivity index (χ0v) is 24.0. The summed E-state index contributed by atoms with van der Waals surface area (Å²) in [6.07, 6.45) is -8.49. The van der Waals surface area contributed by atoms with Crippen LogP contribution in [0.5, 0.6) is 0 Å². The Morgan fingerprint density at radius 1 is 0.864 bits per heavy atom. The van der Waals surface area contributed by atoms with Gasteiger partial charge in [0.05, 0.1) is 44.1 Å². The Labute approximate surface area is 250 Å². The van der Waals surface area contributed by atoms with Crippen LogP contribution in [0.3, 0.4) is 0 Å². The predicted molar refractivity (Wildman–Crippen MR) is 146 cm³/mol. The van der Waals surface area contributed by atoms with E-state index in [4.69, 9.17) is 9.47 Å². The molecule has 3 aliphatic heterocycles. The normalized spacial score (nSPS) is 22.9. The molecule has 3 heterocycles. The highest BCUT2D eigenvalue weighted by molar-refractivity contribution is 5.79. The molecule has 7 nitrogen and oxygen atoms in total. The van der Waals surface area contributed by atoms with Gasteiger partial charge in [-0.1, -0.05) is 12.1 Å². The number of benzene rings is 2. The van der Waals surface area contributed by atoms with Crippen LogP contribution < -0.4 is 5.32 Å². The second kappa shape index (κ2) is 13.2. The van der Waals surface area contributed by atoms with Gasteiger partial charge in [0.2, 0.25) is 0 Å². The SMILES string of the molecule is O=C1NC(COCc2cc(C(F)(F)F)cc(C(F)(F)F)c2)(c2ccc(F)cc2)CN1C1CCN(CCN2CCOCC2)CC1. The maximum absolute atomic E-state index is 13.8. The summed E-state index contributed by atoms with van der Waals surface area (Å²) in [7, 11) is 0. The zero-order chi connectivity index (χ0) is 31.5. The molecule has 1 N–H and O–H groups in total. The first-order valence-corrected chi connectivity index (χ1v) is 14.6. The van der Waals surface area contributed by atoms with Crippen molar-refractivity contribution in [2.45, 2.75) is 43.4 Å². The van der Waals surface area contributed by atoms with Crippen molar-refractivity contribution in [3.63, 3.8) is 0 Å². The Bertz CT molecular complexity index is 1240. The topological polar surface area (TPSA) is 57.3 Å². The highest BCUT2D eigenvalue weighted by Crippen LogP contribution is 2.37. The van der Waals surface area contributed by atoms with E-state index in [-0.39, 0.29) is 36.9 Å². The van der Waals surface area contributed by atoms with Crippen LogP contribution >= 0.6 is 0 Å². The molecule has 242 valence electrons. The van der Waals surface area contributed by atoms with Crippen LogP contribution in [0.4, 0.5) is 35.5 Å². The Hall–Kier alpha value is -2.94. The number of hydrogen-bond donors (Lipinski definition) is 1. The summed E-state index contributed by atoms with van der Waals surface area (Å²) in [6, 6.07) is 6.29. The Balaban J connectivity index is 1.26. The Kier molecular flexibility index (Phi) is 9.73. The number of alkyl halides is 6. The summed E-state index contributed by atoms with van der Waals surface area (Å²) in [5.41, 5.74) is -3.86. The molecule has 1 atom stereocenters. The van der Waals surface area contributed by atoms with Gasteiger partial charge in [-0.05, 0) is 54.3 Å². The first-order valence-electron chi connectivity index (χ1n) is 14.6. The number of morpholine rings is 1. The van der Waals surface area contributed by atoms with E-state index < -0.39 is 41.4 Å². The second-order valence-electron chi connectivity index (χ2n) is 11.6. The molecule has 0 bridgehead atoms. The van der Waals surface area contributed by atoms with Crippen molar-refractivity contribution in [1.82, 2.24) is 20.0 Å². The van der Waals surface area contributed by atoms with Gasteiger partial charge < -0.3 is 24.6 Å². The average molecular weight is 633 g/mol. The number of likely N-dealkylation sites (tertiary alicyclic amines) is 1. The van der Waals surface area contributed by atoms with Gasteiger partial charge in [0.15, 0.2) is 0 Å². The number of halogens is 7. The average Bonchev–Trinajstić information content (AvgIpc) is 3.33. The van der Waals surface area contributed by atoms with Gasteiger partial charge in [-0.25, -0.2) is 9.18 Å². The lowest BCUT2D eigenvalue weighted by atomic mass is 9.90. The lowest BCUT2D eigenvalue weighted by Crippen LogP contribution is -2.48. The molecule has 5 rings (SSSR count). The van der Waals surface area contributed by atoms with Crippen LogP contribution in [0, 0.1) is 5.82 Å². The fourth-order valence-corrected chi connectivity index (χ4v) is 6.08. The lowest BCUT2D eigenvalue weighted by molar-refractivity contribution is -0.143. The summed E-state index contributed by atoms with van der Waals surface area (Å²) < 4.78 is 105. The number of amides is 2. The zero-order valence-electron chi connectivity index (χ0n) is 24.0. The van der Waals surface area contributed by atoms with Gasteiger partial charge in [-0.15, -0.1) is 0 Å². The quantitative estimate of drug-likeness (QED) is 0.391. The number of nitrogens with zero attached hydrogens (tertiary/aromatic N) is 3. The van der Waals surface area contributed by atoms with Gasteiger partial charge in [-0.3, -0.25) is 4.90 Å². The molecule has 2 aromatic carbocycles. The molecule has 2 amide bonds. The molecular formula is C30H35F7N4O3. The van der Waals surface area contributed by atoms with Gasteiger partial charge in [0, 0.05) is 45.3 Å². The van der Waals surface area contributed by atoms with Crippen LogP contribution in [0.15, 0.2) is 42.5 Å². The molecular weight excluding hydrogens is 597 g/mol. The van der Waals surface area contributed by atoms with Crippen LogP contribution in [-0.4, -0.2) is 92.4 Å². The van der Waals surface area contributed by atoms with Gasteiger partial charge in [0.1, 0.15) is 11.4 Å². The van der Waals surface area contributed by atoms with E-state index in [0.717, 1.165) is 65.3 Å². The van der Waals surface area contributed by atoms with Crippen molar-refractivity contribution in [2.75, 3.05) is 65.6 Å². The third kappa shape index (κ3) is 7.82. The third-order valence-electron chi connectivity index (χ3n) is 8.54. The maximum atomic E-state index is 13.8. The van der Waals surface area contributed by atoms with E-state index in [2.05, 4.69) is 15.1 Å². The number of rotatable bonds is 9. The first-order chi connectivity index (χ1) is 20.8. The Morgan fingerprint density at radius 3 is 2.00 bits per heavy atom. The summed E-state index contributed by atoms with van der Waals surface area (Å²) >= 11 is 0. The molecule has 0 aliphatic carbocycles. The maximum Gasteiger partial charge on any atom is 0.416 e. The third-order valence-corrected chi connectivity index (χ3v) is 8.54. The van der Waals surface area contributed by atoms with Crippen molar-refractivity contribution in [3.05, 3.63) is 70.5 Å². The van der Waals surface area contributed by atoms with Crippen LogP contribution in [0.25, 0.3) is 0 Å². The molecule has 1 unspecified atom stereocenters. The van der Waals surface area contributed by atoms with Crippen molar-refractivity contribution in [1.29, 1.82) is 0 Å². The van der Waals surface area contributed by atoms with E-state index in [1.165, 1.54) is 24.3 Å². The first kappa shape index (κ1) is 32.5. The minimum atomic E-state index is -4.98. The largest absolute Gasteiger partial charge is 0.416 e. The standard InChI is InChI=1S/C30H35F7N4O3/c31-25-3-1-22(2-4-25)28(20-44-18-21-15-23(29(32,33)34)17-24(16-21)30(35,36)37)19-41(27(42)38-28)26-5-7-39(8-6-26)9-10-40-11-13-43-14-12-40/h1-4,15-17,26H,5-14,18-20H2,(H,38,42). The molecule has 0 saturated carbocycles. The molecule has 0 aromatic heterocycles. The molecule has 3 aliphatic rings. The van der Waals surface area contributed by atoms with Crippen molar-refractivity contribution < 1.29 is 45.0 Å². The van der Waals surface area contributed by atoms with Gasteiger partial charge >= 0.3 is 18.4 Å². The fourth-order valence-electron chi connectivity index (χ4n) is 6.08. The van der Waals surface area contributed by atoms with E-state index in [0.29, 0.717) is 17.7 Å². The number of urea groups is 1. The second-order valence-corrected chi connectivity index (χ2v) is 11.6. The number of nitrogens with one attached hydrogen (secondary N) is 1. The minimum absolute atomic E-state index is 0.0620. The van der Waals surface area contributed by atoms with Crippen LogP contribution in [-0.2, 0) is 34.0 Å². The highest BCUT2D eigenvalue weighted by atomic mass is 19.4. The summed E-state index contributed by atoms with van der Waals surface area (Å²) in [5.74, 6) is -0.501. The van der Waals surface area contributed by atoms with Crippen molar-refractivity contribution in [3.8, 4) is 0 Å². The summed E-state index contributed by atoms with van der Waals surface area (Å²) in [5, 5.41) is 2.93. The van der Waals surface area contributed by atoms with Crippen LogP contribution in [0.1, 0.15) is 35.1 Å². The molecule has 0 radical (unpaired) electrons. The van der Waals surface area contributed by atoms with Gasteiger partial charge in [-0.2, -0.15) is 26.3 Å². The predicted octanol–water partition coefficient (Wildman–Crippen LogP) is 5.10. The van der Waals surface area contributed by atoms with E-state index >= 15 is 0 Å². The summed E-state index contributed by atoms with van der Waals surface area (Å²) in [4.78, 5) is 19.7. The smallest absolute Gasteiger partial charge is 0.379 e. The van der Waals surface area contributed by atoms with Crippen molar-refractivity contribution in [2.24, 2.45) is 0 Å². The Morgan fingerprint density at radius 2 is 1.43 bits per heavy atom. The number of piperidine rings is 1. The fraction of sp³-hybridized carbons (Fsp3) is 0.567. The molecule has 3 saturated heterocycles. The van der Waals surface area contributed by atoms with E-state index in [1.807, 2.05) is 0 Å². The summed E-state index contributed by atoms with van der Waals surface area (Å²) in [6.45, 7) is 6.09. The number of carbonyl (C=O) groups excluding carboxylic acids is 1. The molecule has 2 aromatic rings. The molecule has 14 heteroatoms. The van der Waals surface area contributed by atoms with E-state index in [9.17, 15) is 35.5 Å². The lowest BCUT2D eigenvalue weighted by Gasteiger charge is -2.38. The minimum Gasteiger partial charge on any atom is -0.379 e. The van der Waals surface area contributed by atoms with Gasteiger partial charge in [0.25, 0.3) is 0 Å². The number of hydrogen-bond acceptors (Lipinski definition) is 5. The molecule has 3 fully saturated rings. The van der Waals surface area contributed by atoms with Crippen molar-refractivity contribution >= 4 is 6.03 Å². The monoisotopic (exact) mass is 632 g/mol. The van der Waals surface area contributed by atoms with E-state index in [1.54, 1.807) is 4.90 Å².